The van der Waals surface area contributed by atoms with E-state index in [-0.39, 0.29) is 0 Å². The average Bonchev–Trinajstić information content (AvgIpc) is 2.70. The fourth-order valence-electron chi connectivity index (χ4n) is 2.81. The molecule has 0 aliphatic heterocycles. The molecule has 3 rings (SSSR count). The molecule has 1 atom stereocenters. The summed E-state index contributed by atoms with van der Waals surface area (Å²) in [5.74, 6) is 0.405. The molecule has 0 amide bonds. The van der Waals surface area contributed by atoms with E-state index in [2.05, 4.69) is 15.8 Å². The topological polar surface area (TPSA) is 48.4 Å². The molecule has 1 unspecified atom stereocenters. The molecule has 0 fully saturated rings. The smallest absolute Gasteiger partial charge is 0.323 e. The minimum absolute atomic E-state index is 0.392. The van der Waals surface area contributed by atoms with Crippen molar-refractivity contribution in [3.8, 4) is 5.75 Å². The van der Waals surface area contributed by atoms with E-state index in [1.54, 1.807) is 6.20 Å². The number of hydrogen-bond acceptors (Lipinski definition) is 4. The van der Waals surface area contributed by atoms with Crippen molar-refractivity contribution >= 4 is 28.3 Å². The van der Waals surface area contributed by atoms with Gasteiger partial charge in [-0.15, -0.1) is 11.6 Å². The molecule has 0 spiro atoms. The molecule has 0 saturated carbocycles. The van der Waals surface area contributed by atoms with Gasteiger partial charge in [-0.05, 0) is 53.4 Å². The Labute approximate surface area is 157 Å². The van der Waals surface area contributed by atoms with E-state index in [1.807, 2.05) is 48.5 Å². The lowest BCUT2D eigenvalue weighted by atomic mass is 10.00. The number of carbonyl (C=O) groups excluding carboxylic acids is 1. The van der Waals surface area contributed by atoms with Gasteiger partial charge in [0.1, 0.15) is 17.7 Å². The number of aryl methyl sites for hydroxylation is 1. The van der Waals surface area contributed by atoms with Crippen molar-refractivity contribution in [2.45, 2.75) is 24.8 Å². The molecule has 0 radical (unpaired) electrons. The highest BCUT2D eigenvalue weighted by Crippen LogP contribution is 2.26. The van der Waals surface area contributed by atoms with Crippen molar-refractivity contribution in [2.24, 2.45) is 0 Å². The first-order valence-corrected chi connectivity index (χ1v) is 8.87. The average molecular weight is 370 g/mol. The first-order valence-electron chi connectivity index (χ1n) is 8.43. The molecule has 3 aromatic rings. The number of halogens is 1. The van der Waals surface area contributed by atoms with E-state index < -0.39 is 11.3 Å². The van der Waals surface area contributed by atoms with E-state index >= 15 is 0 Å². The molecule has 134 valence electrons. The summed E-state index contributed by atoms with van der Waals surface area (Å²) in [7, 11) is 1.35. The number of esters is 1. The van der Waals surface area contributed by atoms with Gasteiger partial charge in [-0.3, -0.25) is 9.78 Å². The Kier molecular flexibility index (Phi) is 6.08. The van der Waals surface area contributed by atoms with Crippen LogP contribution in [0.1, 0.15) is 17.7 Å². The summed E-state index contributed by atoms with van der Waals surface area (Å²) in [5, 5.41) is 1.59. The predicted octanol–water partition coefficient (Wildman–Crippen LogP) is 4.53. The Morgan fingerprint density at radius 1 is 1.15 bits per heavy atom. The maximum absolute atomic E-state index is 11.5. The fourth-order valence-corrected chi connectivity index (χ4v) is 3.00. The van der Waals surface area contributed by atoms with Gasteiger partial charge in [-0.2, -0.15) is 0 Å². The summed E-state index contributed by atoms with van der Waals surface area (Å²) in [6.07, 6.45) is 2.99. The Bertz CT molecular complexity index is 883. The number of alkyl halides is 1. The summed E-state index contributed by atoms with van der Waals surface area (Å²) >= 11 is 6.06. The van der Waals surface area contributed by atoms with Gasteiger partial charge in [0.25, 0.3) is 0 Å². The lowest BCUT2D eigenvalue weighted by molar-refractivity contribution is -0.140. The number of rotatable bonds is 7. The molecule has 0 aliphatic rings. The third-order valence-electron chi connectivity index (χ3n) is 4.18. The second-order valence-electron chi connectivity index (χ2n) is 5.94. The molecule has 0 N–H and O–H groups in total. The quantitative estimate of drug-likeness (QED) is 0.453. The maximum atomic E-state index is 11.5. The zero-order chi connectivity index (χ0) is 18.4. The molecule has 2 aromatic carbocycles. The molecular formula is C21H20ClNO3. The highest BCUT2D eigenvalue weighted by Gasteiger charge is 2.16. The lowest BCUT2D eigenvalue weighted by Gasteiger charge is -2.11. The van der Waals surface area contributed by atoms with Gasteiger partial charge in [-0.1, -0.05) is 30.3 Å². The van der Waals surface area contributed by atoms with Crippen LogP contribution in [-0.4, -0.2) is 23.4 Å². The predicted molar refractivity (Wildman–Crippen MR) is 102 cm³/mol. The summed E-state index contributed by atoms with van der Waals surface area (Å²) in [6, 6.07) is 17.9. The first kappa shape index (κ1) is 18.2. The highest BCUT2D eigenvalue weighted by atomic mass is 35.5. The minimum atomic E-state index is -0.628. The molecular weight excluding hydrogens is 350 g/mol. The van der Waals surface area contributed by atoms with E-state index in [0.717, 1.165) is 27.8 Å². The zero-order valence-corrected chi connectivity index (χ0v) is 15.3. The monoisotopic (exact) mass is 369 g/mol. The van der Waals surface area contributed by atoms with Gasteiger partial charge < -0.3 is 9.47 Å². The third-order valence-corrected chi connectivity index (χ3v) is 4.58. The van der Waals surface area contributed by atoms with Crippen molar-refractivity contribution in [3.63, 3.8) is 0 Å². The molecule has 0 bridgehead atoms. The van der Waals surface area contributed by atoms with E-state index in [0.29, 0.717) is 19.4 Å². The number of nitrogens with zero attached hydrogens (tertiary/aromatic N) is 1. The van der Waals surface area contributed by atoms with E-state index in [9.17, 15) is 4.79 Å². The summed E-state index contributed by atoms with van der Waals surface area (Å²) in [5.41, 5.74) is 2.03. The molecule has 0 aliphatic carbocycles. The number of methoxy groups -OCH3 is 1. The molecule has 4 nitrogen and oxygen atoms in total. The molecule has 5 heteroatoms. The van der Waals surface area contributed by atoms with Gasteiger partial charge >= 0.3 is 5.97 Å². The minimum Gasteiger partial charge on any atom is -0.487 e. The second-order valence-corrected chi connectivity index (χ2v) is 6.47. The van der Waals surface area contributed by atoms with Crippen LogP contribution in [0.3, 0.4) is 0 Å². The second kappa shape index (κ2) is 8.68. The Morgan fingerprint density at radius 2 is 2.04 bits per heavy atom. The van der Waals surface area contributed by atoms with Crippen LogP contribution in [0.2, 0.25) is 0 Å². The van der Waals surface area contributed by atoms with E-state index in [1.165, 1.54) is 7.11 Å². The first-order chi connectivity index (χ1) is 12.7. The number of benzene rings is 2. The number of aromatic nitrogens is 1. The van der Waals surface area contributed by atoms with E-state index in [4.69, 9.17) is 16.3 Å². The van der Waals surface area contributed by atoms with Crippen LogP contribution in [0.25, 0.3) is 10.8 Å². The van der Waals surface area contributed by atoms with Crippen LogP contribution in [0.4, 0.5) is 0 Å². The van der Waals surface area contributed by atoms with Crippen LogP contribution in [0.5, 0.6) is 5.75 Å². The SMILES string of the molecule is COC(=O)C(Cl)CCc1cccc2cc(OCc3ccccn3)ccc12. The van der Waals surface area contributed by atoms with Gasteiger partial charge in [0.05, 0.1) is 12.8 Å². The number of hydrogen-bond donors (Lipinski definition) is 0. The van der Waals surface area contributed by atoms with Gasteiger partial charge in [-0.25, -0.2) is 0 Å². The van der Waals surface area contributed by atoms with Crippen molar-refractivity contribution in [3.05, 3.63) is 72.1 Å². The van der Waals surface area contributed by atoms with Crippen molar-refractivity contribution in [1.82, 2.24) is 4.98 Å². The largest absolute Gasteiger partial charge is 0.487 e. The number of pyridine rings is 1. The molecule has 26 heavy (non-hydrogen) atoms. The summed E-state index contributed by atoms with van der Waals surface area (Å²) in [6.45, 7) is 0.430. The Balaban J connectivity index is 1.71. The van der Waals surface area contributed by atoms with Gasteiger partial charge in [0, 0.05) is 6.20 Å². The van der Waals surface area contributed by atoms with Crippen molar-refractivity contribution < 1.29 is 14.3 Å². The van der Waals surface area contributed by atoms with Gasteiger partial charge in [0.2, 0.25) is 0 Å². The standard InChI is InChI=1S/C21H20ClNO3/c1-25-21(24)20(22)11-8-15-5-4-6-16-13-18(9-10-19(15)16)26-14-17-7-2-3-12-23-17/h2-7,9-10,12-13,20H,8,11,14H2,1H3. The Hall–Kier alpha value is -2.59. The molecule has 1 heterocycles. The summed E-state index contributed by atoms with van der Waals surface area (Å²) < 4.78 is 10.5. The van der Waals surface area contributed by atoms with Crippen molar-refractivity contribution in [1.29, 1.82) is 0 Å². The fraction of sp³-hybridized carbons (Fsp3) is 0.238. The van der Waals surface area contributed by atoms with Crippen molar-refractivity contribution in [2.75, 3.05) is 7.11 Å². The normalized spacial score (nSPS) is 11.9. The summed E-state index contributed by atoms with van der Waals surface area (Å²) in [4.78, 5) is 15.7. The van der Waals surface area contributed by atoms with Crippen LogP contribution in [0.15, 0.2) is 60.8 Å². The molecule has 1 aromatic heterocycles. The molecule has 0 saturated heterocycles. The highest BCUT2D eigenvalue weighted by molar-refractivity contribution is 6.29. The van der Waals surface area contributed by atoms with Crippen LogP contribution < -0.4 is 4.74 Å². The third kappa shape index (κ3) is 4.52. The van der Waals surface area contributed by atoms with Crippen LogP contribution in [0, 0.1) is 0 Å². The number of carbonyl (C=O) groups is 1. The number of ether oxygens (including phenoxy) is 2. The zero-order valence-electron chi connectivity index (χ0n) is 14.5. The number of fused-ring (bicyclic) bond motifs is 1. The lowest BCUT2D eigenvalue weighted by Crippen LogP contribution is -2.16. The maximum Gasteiger partial charge on any atom is 0.323 e. The Morgan fingerprint density at radius 3 is 2.81 bits per heavy atom. The van der Waals surface area contributed by atoms with Crippen LogP contribution in [-0.2, 0) is 22.6 Å². The van der Waals surface area contributed by atoms with Crippen LogP contribution >= 0.6 is 11.6 Å². The van der Waals surface area contributed by atoms with Gasteiger partial charge in [0.15, 0.2) is 0 Å².